The number of fused-ring (bicyclic) bond motifs is 1. The van der Waals surface area contributed by atoms with Gasteiger partial charge in [0.05, 0.1) is 24.4 Å². The van der Waals surface area contributed by atoms with Crippen molar-refractivity contribution in [2.75, 3.05) is 53.3 Å². The third kappa shape index (κ3) is 4.44. The van der Waals surface area contributed by atoms with Gasteiger partial charge in [0.25, 0.3) is 5.91 Å². The summed E-state index contributed by atoms with van der Waals surface area (Å²) in [5.74, 6) is 1.27. The fourth-order valence-corrected chi connectivity index (χ4v) is 5.61. The van der Waals surface area contributed by atoms with Gasteiger partial charge in [0.2, 0.25) is 11.8 Å². The molecular formula is C27H33ClN8O3. The third-order valence-electron chi connectivity index (χ3n) is 7.22. The van der Waals surface area contributed by atoms with E-state index in [1.807, 2.05) is 43.3 Å². The van der Waals surface area contributed by atoms with Crippen LogP contribution in [0.5, 0.6) is 5.88 Å². The quantitative estimate of drug-likeness (QED) is 0.461. The van der Waals surface area contributed by atoms with Gasteiger partial charge < -0.3 is 28.9 Å². The number of imidazole rings is 1. The van der Waals surface area contributed by atoms with Gasteiger partial charge in [-0.2, -0.15) is 4.98 Å². The number of carbonyl (C=O) groups is 2. The fraction of sp³-hybridized carbons (Fsp3) is 0.444. The van der Waals surface area contributed by atoms with Gasteiger partial charge in [0, 0.05) is 58.5 Å². The normalized spacial score (nSPS) is 17.9. The first kappa shape index (κ1) is 26.7. The Hall–Kier alpha value is -3.86. The van der Waals surface area contributed by atoms with E-state index in [2.05, 4.69) is 28.4 Å². The van der Waals surface area contributed by atoms with Gasteiger partial charge >= 0.3 is 6.03 Å². The van der Waals surface area contributed by atoms with E-state index in [0.717, 1.165) is 11.3 Å². The molecule has 1 atom stereocenters. The molecule has 1 fully saturated rings. The number of hydrogen-bond acceptors (Lipinski definition) is 7. The molecular weight excluding hydrogens is 520 g/mol. The molecule has 12 heteroatoms. The van der Waals surface area contributed by atoms with E-state index in [4.69, 9.17) is 21.3 Å². The lowest BCUT2D eigenvalue weighted by atomic mass is 10.0. The van der Waals surface area contributed by atoms with Crippen molar-refractivity contribution in [2.24, 2.45) is 0 Å². The number of ether oxygens (including phenoxy) is 1. The highest BCUT2D eigenvalue weighted by atomic mass is 35.5. The number of rotatable bonds is 6. The summed E-state index contributed by atoms with van der Waals surface area (Å²) in [6, 6.07) is 6.76. The van der Waals surface area contributed by atoms with Gasteiger partial charge in [-0.1, -0.05) is 23.7 Å². The summed E-state index contributed by atoms with van der Waals surface area (Å²) in [5.41, 5.74) is 2.67. The molecule has 3 amide bonds. The molecule has 0 spiro atoms. The first-order chi connectivity index (χ1) is 18.5. The molecule has 2 aliphatic heterocycles. The zero-order valence-electron chi connectivity index (χ0n) is 23.2. The SMILES string of the molecule is COc1nc(N(C)C)ncc1-c1nc2c(n1C(C)C)C(c1ccc(Cl)cc1)N(C1CN(C)C(=O)N(C)C1)C2=O. The van der Waals surface area contributed by atoms with E-state index in [0.29, 0.717) is 47.0 Å². The number of benzene rings is 1. The maximum Gasteiger partial charge on any atom is 0.319 e. The molecule has 0 saturated carbocycles. The zero-order chi connectivity index (χ0) is 28.2. The van der Waals surface area contributed by atoms with Crippen molar-refractivity contribution >= 4 is 29.5 Å². The van der Waals surface area contributed by atoms with Crippen LogP contribution in [0.4, 0.5) is 10.7 Å². The van der Waals surface area contributed by atoms with Crippen LogP contribution >= 0.6 is 11.6 Å². The Balaban J connectivity index is 1.70. The minimum atomic E-state index is -0.429. The predicted octanol–water partition coefficient (Wildman–Crippen LogP) is 3.56. The van der Waals surface area contributed by atoms with E-state index in [1.165, 1.54) is 0 Å². The molecule has 11 nitrogen and oxygen atoms in total. The van der Waals surface area contributed by atoms with Crippen molar-refractivity contribution in [1.29, 1.82) is 0 Å². The van der Waals surface area contributed by atoms with Crippen LogP contribution in [0.1, 0.15) is 47.7 Å². The number of amides is 3. The van der Waals surface area contributed by atoms with Crippen molar-refractivity contribution in [3.05, 3.63) is 52.4 Å². The lowest BCUT2D eigenvalue weighted by Crippen LogP contribution is -2.59. The topological polar surface area (TPSA) is 99.9 Å². The summed E-state index contributed by atoms with van der Waals surface area (Å²) < 4.78 is 7.72. The van der Waals surface area contributed by atoms with Crippen molar-refractivity contribution < 1.29 is 14.3 Å². The molecule has 1 unspecified atom stereocenters. The van der Waals surface area contributed by atoms with Crippen LogP contribution in [0.15, 0.2) is 30.5 Å². The van der Waals surface area contributed by atoms with Crippen LogP contribution in [0.2, 0.25) is 5.02 Å². The Morgan fingerprint density at radius 1 is 1.05 bits per heavy atom. The number of urea groups is 1. The Labute approximate surface area is 233 Å². The predicted molar refractivity (Wildman–Crippen MR) is 148 cm³/mol. The van der Waals surface area contributed by atoms with Crippen LogP contribution in [0, 0.1) is 0 Å². The second-order valence-corrected chi connectivity index (χ2v) is 10.9. The van der Waals surface area contributed by atoms with E-state index >= 15 is 0 Å². The molecule has 206 valence electrons. The molecule has 4 heterocycles. The average molecular weight is 553 g/mol. The van der Waals surface area contributed by atoms with Gasteiger partial charge in [0.1, 0.15) is 11.9 Å². The Kier molecular flexibility index (Phi) is 6.88. The average Bonchev–Trinajstić information content (AvgIpc) is 3.42. The number of halogens is 1. The molecule has 39 heavy (non-hydrogen) atoms. The van der Waals surface area contributed by atoms with Gasteiger partial charge in [-0.15, -0.1) is 0 Å². The minimum absolute atomic E-state index is 0.0460. The summed E-state index contributed by atoms with van der Waals surface area (Å²) in [6.45, 7) is 4.96. The van der Waals surface area contributed by atoms with Crippen LogP contribution in [-0.2, 0) is 0 Å². The van der Waals surface area contributed by atoms with Crippen LogP contribution in [0.25, 0.3) is 11.4 Å². The van der Waals surface area contributed by atoms with Gasteiger partial charge in [-0.3, -0.25) is 4.79 Å². The van der Waals surface area contributed by atoms with E-state index in [9.17, 15) is 9.59 Å². The van der Waals surface area contributed by atoms with E-state index in [1.54, 1.807) is 42.1 Å². The van der Waals surface area contributed by atoms with Crippen molar-refractivity contribution in [2.45, 2.75) is 32.0 Å². The maximum atomic E-state index is 14.2. The number of likely N-dealkylation sites (N-methyl/N-ethyl adjacent to an activating group) is 2. The zero-order valence-corrected chi connectivity index (χ0v) is 24.0. The third-order valence-corrected chi connectivity index (χ3v) is 7.47. The van der Waals surface area contributed by atoms with Gasteiger partial charge in [0.15, 0.2) is 5.69 Å². The highest BCUT2D eigenvalue weighted by Gasteiger charge is 2.48. The van der Waals surface area contributed by atoms with Gasteiger partial charge in [-0.05, 0) is 31.5 Å². The lowest BCUT2D eigenvalue weighted by molar-refractivity contribution is 0.0481. The standard InChI is InChI=1S/C27H33ClN8O3/c1-15(2)35-22-20(30-23(35)19-12-29-26(32(3)4)31-24(19)39-7)25(37)36(18-13-33(5)27(38)34(6)14-18)21(22)16-8-10-17(28)11-9-16/h8-12,15,18,21H,13-14H2,1-7H3. The second-order valence-electron chi connectivity index (χ2n) is 10.5. The first-order valence-electron chi connectivity index (χ1n) is 12.8. The number of anilines is 1. The number of carbonyl (C=O) groups excluding carboxylic acids is 2. The Bertz CT molecular complexity index is 1410. The summed E-state index contributed by atoms with van der Waals surface area (Å²) in [6.07, 6.45) is 1.69. The molecule has 1 saturated heterocycles. The highest BCUT2D eigenvalue weighted by Crippen LogP contribution is 2.45. The number of hydrogen-bond donors (Lipinski definition) is 0. The largest absolute Gasteiger partial charge is 0.480 e. The minimum Gasteiger partial charge on any atom is -0.480 e. The summed E-state index contributed by atoms with van der Waals surface area (Å²) in [7, 11) is 8.78. The second kappa shape index (κ2) is 10.0. The molecule has 0 bridgehead atoms. The van der Waals surface area contributed by atoms with Crippen molar-refractivity contribution in [3.63, 3.8) is 0 Å². The number of nitrogens with zero attached hydrogens (tertiary/aromatic N) is 8. The van der Waals surface area contributed by atoms with Crippen LogP contribution in [0.3, 0.4) is 0 Å². The smallest absolute Gasteiger partial charge is 0.319 e. The fourth-order valence-electron chi connectivity index (χ4n) is 5.48. The van der Waals surface area contributed by atoms with E-state index in [-0.39, 0.29) is 24.0 Å². The summed E-state index contributed by atoms with van der Waals surface area (Å²) in [4.78, 5) is 47.6. The lowest BCUT2D eigenvalue weighted by Gasteiger charge is -2.42. The molecule has 0 radical (unpaired) electrons. The Morgan fingerprint density at radius 2 is 1.69 bits per heavy atom. The summed E-state index contributed by atoms with van der Waals surface area (Å²) >= 11 is 6.24. The number of aromatic nitrogens is 4. The molecule has 1 aromatic carbocycles. The highest BCUT2D eigenvalue weighted by molar-refractivity contribution is 6.30. The molecule has 0 aliphatic carbocycles. The van der Waals surface area contributed by atoms with Crippen molar-refractivity contribution in [1.82, 2.24) is 34.2 Å². The monoisotopic (exact) mass is 552 g/mol. The molecule has 3 aromatic rings. The number of methoxy groups -OCH3 is 1. The molecule has 0 N–H and O–H groups in total. The Morgan fingerprint density at radius 3 is 2.26 bits per heavy atom. The maximum absolute atomic E-state index is 14.2. The van der Waals surface area contributed by atoms with E-state index < -0.39 is 6.04 Å². The molecule has 2 aromatic heterocycles. The first-order valence-corrected chi connectivity index (χ1v) is 13.2. The van der Waals surface area contributed by atoms with Gasteiger partial charge in [-0.25, -0.2) is 14.8 Å². The molecule has 5 rings (SSSR count). The van der Waals surface area contributed by atoms with Crippen LogP contribution < -0.4 is 9.64 Å². The van der Waals surface area contributed by atoms with Crippen LogP contribution in [-0.4, -0.2) is 101 Å². The molecule has 2 aliphatic rings. The van der Waals surface area contributed by atoms with Crippen molar-refractivity contribution in [3.8, 4) is 17.3 Å². The summed E-state index contributed by atoms with van der Waals surface area (Å²) in [5, 5.41) is 0.610.